The molecule has 1 aliphatic rings. The van der Waals surface area contributed by atoms with Crippen molar-refractivity contribution in [2.24, 2.45) is 0 Å². The lowest BCUT2D eigenvalue weighted by Crippen LogP contribution is -2.22. The molecule has 4 nitrogen and oxygen atoms in total. The summed E-state index contributed by atoms with van der Waals surface area (Å²) in [5.41, 5.74) is 2.30. The highest BCUT2D eigenvalue weighted by Crippen LogP contribution is 2.42. The van der Waals surface area contributed by atoms with Crippen molar-refractivity contribution in [3.8, 4) is 16.9 Å². The van der Waals surface area contributed by atoms with E-state index in [2.05, 4.69) is 0 Å². The second-order valence-electron chi connectivity index (χ2n) is 6.52. The highest BCUT2D eigenvalue weighted by atomic mass is 35.5. The molecule has 0 saturated carbocycles. The van der Waals surface area contributed by atoms with Crippen molar-refractivity contribution >= 4 is 23.1 Å². The zero-order chi connectivity index (χ0) is 18.4. The second kappa shape index (κ2) is 6.12. The summed E-state index contributed by atoms with van der Waals surface area (Å²) in [5.74, 6) is -0.180. The number of aliphatic hydroxyl groups is 1. The van der Waals surface area contributed by atoms with Gasteiger partial charge in [0.1, 0.15) is 11.3 Å². The molecular weight excluding hydrogens is 340 g/mol. The van der Waals surface area contributed by atoms with Crippen LogP contribution in [0.1, 0.15) is 25.0 Å². The molecule has 25 heavy (non-hydrogen) atoms. The van der Waals surface area contributed by atoms with Crippen molar-refractivity contribution in [1.29, 1.82) is 0 Å². The molecule has 130 valence electrons. The number of hydrogen-bond donors (Lipinski definition) is 1. The molecule has 1 aliphatic heterocycles. The van der Waals surface area contributed by atoms with Crippen LogP contribution in [0, 0.1) is 6.92 Å². The largest absolute Gasteiger partial charge is 0.507 e. The molecule has 0 fully saturated rings. The normalized spacial score (nSPS) is 16.1. The van der Waals surface area contributed by atoms with E-state index < -0.39 is 11.6 Å². The lowest BCUT2D eigenvalue weighted by molar-refractivity contribution is -0.143. The number of ether oxygens (including phenoxy) is 2. The Kier molecular flexibility index (Phi) is 4.25. The average Bonchev–Trinajstić information content (AvgIpc) is 2.76. The highest BCUT2D eigenvalue weighted by molar-refractivity contribution is 6.35. The third kappa shape index (κ3) is 2.98. The van der Waals surface area contributed by atoms with E-state index >= 15 is 0 Å². The first-order valence-corrected chi connectivity index (χ1v) is 8.24. The standard InChI is InChI=1S/C20H19ClO4/c1-11-5-7-12(8-6-11)13-9-15(21)14(10-16(13)24-4)17-18(22)20(2,3)25-19(17)23/h5-10,22H,1-4H3. The minimum atomic E-state index is -1.07. The van der Waals surface area contributed by atoms with Gasteiger partial charge in [-0.15, -0.1) is 0 Å². The Balaban J connectivity index is 2.17. The Morgan fingerprint density at radius 3 is 2.28 bits per heavy atom. The van der Waals surface area contributed by atoms with Gasteiger partial charge in [0.15, 0.2) is 11.4 Å². The third-order valence-electron chi connectivity index (χ3n) is 4.28. The summed E-state index contributed by atoms with van der Waals surface area (Å²) in [6.07, 6.45) is 0. The SMILES string of the molecule is COc1cc(C2=C(O)C(C)(C)OC2=O)c(Cl)cc1-c1ccc(C)cc1. The molecule has 1 N–H and O–H groups in total. The Morgan fingerprint density at radius 2 is 1.76 bits per heavy atom. The lowest BCUT2D eigenvalue weighted by Gasteiger charge is -2.16. The van der Waals surface area contributed by atoms with Gasteiger partial charge in [0.2, 0.25) is 0 Å². The van der Waals surface area contributed by atoms with E-state index in [1.807, 2.05) is 31.2 Å². The van der Waals surface area contributed by atoms with Crippen molar-refractivity contribution in [2.45, 2.75) is 26.4 Å². The minimum absolute atomic E-state index is 0.0729. The first-order chi connectivity index (χ1) is 11.7. The Labute approximate surface area is 151 Å². The van der Waals surface area contributed by atoms with Crippen LogP contribution in [-0.4, -0.2) is 23.8 Å². The van der Waals surface area contributed by atoms with Gasteiger partial charge in [-0.25, -0.2) is 4.79 Å². The van der Waals surface area contributed by atoms with Crippen LogP contribution >= 0.6 is 11.6 Å². The van der Waals surface area contributed by atoms with Crippen molar-refractivity contribution in [2.75, 3.05) is 7.11 Å². The van der Waals surface area contributed by atoms with Gasteiger partial charge in [0.05, 0.1) is 7.11 Å². The molecule has 0 amide bonds. The van der Waals surface area contributed by atoms with Crippen LogP contribution in [-0.2, 0) is 9.53 Å². The molecule has 0 spiro atoms. The first-order valence-electron chi connectivity index (χ1n) is 7.86. The number of hydrogen-bond acceptors (Lipinski definition) is 4. The maximum absolute atomic E-state index is 12.2. The van der Waals surface area contributed by atoms with Gasteiger partial charge in [-0.3, -0.25) is 0 Å². The Morgan fingerprint density at radius 1 is 1.12 bits per heavy atom. The van der Waals surface area contributed by atoms with Crippen LogP contribution in [0.5, 0.6) is 5.75 Å². The van der Waals surface area contributed by atoms with Crippen LogP contribution in [0.4, 0.5) is 0 Å². The van der Waals surface area contributed by atoms with Crippen LogP contribution in [0.3, 0.4) is 0 Å². The maximum atomic E-state index is 12.2. The summed E-state index contributed by atoms with van der Waals surface area (Å²) in [6.45, 7) is 5.26. The zero-order valence-electron chi connectivity index (χ0n) is 14.5. The molecule has 0 unspecified atom stereocenters. The monoisotopic (exact) mass is 358 g/mol. The summed E-state index contributed by atoms with van der Waals surface area (Å²) in [7, 11) is 1.55. The number of aliphatic hydroxyl groups excluding tert-OH is 1. The second-order valence-corrected chi connectivity index (χ2v) is 6.93. The van der Waals surface area contributed by atoms with E-state index in [-0.39, 0.29) is 11.3 Å². The number of methoxy groups -OCH3 is 1. The first kappa shape index (κ1) is 17.4. The maximum Gasteiger partial charge on any atom is 0.343 e. The van der Waals surface area contributed by atoms with Crippen molar-refractivity contribution < 1.29 is 19.4 Å². The molecule has 0 aromatic heterocycles. The number of esters is 1. The average molecular weight is 359 g/mol. The quantitative estimate of drug-likeness (QED) is 0.790. The number of benzene rings is 2. The summed E-state index contributed by atoms with van der Waals surface area (Å²) >= 11 is 6.43. The van der Waals surface area contributed by atoms with Gasteiger partial charge in [0.25, 0.3) is 0 Å². The Bertz CT molecular complexity index is 879. The molecule has 0 bridgehead atoms. The van der Waals surface area contributed by atoms with E-state index in [4.69, 9.17) is 21.1 Å². The van der Waals surface area contributed by atoms with Crippen molar-refractivity contribution in [1.82, 2.24) is 0 Å². The van der Waals surface area contributed by atoms with Gasteiger partial charge in [0, 0.05) is 16.1 Å². The predicted molar refractivity (Wildman–Crippen MR) is 97.9 cm³/mol. The number of carbonyl (C=O) groups excluding carboxylic acids is 1. The lowest BCUT2D eigenvalue weighted by atomic mass is 9.96. The number of aryl methyl sites for hydroxylation is 1. The minimum Gasteiger partial charge on any atom is -0.507 e. The molecule has 0 saturated heterocycles. The fraction of sp³-hybridized carbons (Fsp3) is 0.250. The number of halogens is 1. The van der Waals surface area contributed by atoms with Crippen molar-refractivity contribution in [3.05, 3.63) is 58.3 Å². The highest BCUT2D eigenvalue weighted by Gasteiger charge is 2.42. The number of carbonyl (C=O) groups is 1. The number of cyclic esters (lactones) is 1. The van der Waals surface area contributed by atoms with Gasteiger partial charge in [-0.1, -0.05) is 41.4 Å². The summed E-state index contributed by atoms with van der Waals surface area (Å²) in [4.78, 5) is 12.2. The van der Waals surface area contributed by atoms with Gasteiger partial charge >= 0.3 is 5.97 Å². The smallest absolute Gasteiger partial charge is 0.343 e. The number of rotatable bonds is 3. The van der Waals surface area contributed by atoms with Crippen LogP contribution in [0.2, 0.25) is 5.02 Å². The van der Waals surface area contributed by atoms with Gasteiger partial charge in [-0.2, -0.15) is 0 Å². The third-order valence-corrected chi connectivity index (χ3v) is 4.59. The molecule has 1 heterocycles. The molecular formula is C20H19ClO4. The zero-order valence-corrected chi connectivity index (χ0v) is 15.3. The van der Waals surface area contributed by atoms with Crippen LogP contribution in [0.25, 0.3) is 16.7 Å². The summed E-state index contributed by atoms with van der Waals surface area (Å²) in [5, 5.41) is 10.7. The van der Waals surface area contributed by atoms with Crippen LogP contribution in [0.15, 0.2) is 42.2 Å². The van der Waals surface area contributed by atoms with E-state index in [1.165, 1.54) is 0 Å². The summed E-state index contributed by atoms with van der Waals surface area (Å²) in [6, 6.07) is 11.4. The molecule has 2 aromatic rings. The van der Waals surface area contributed by atoms with E-state index in [0.717, 1.165) is 16.7 Å². The molecule has 0 radical (unpaired) electrons. The van der Waals surface area contributed by atoms with E-state index in [0.29, 0.717) is 16.3 Å². The predicted octanol–water partition coefficient (Wildman–Crippen LogP) is 4.93. The molecule has 0 aliphatic carbocycles. The molecule has 3 rings (SSSR count). The topological polar surface area (TPSA) is 55.8 Å². The molecule has 5 heteroatoms. The van der Waals surface area contributed by atoms with E-state index in [1.54, 1.807) is 33.1 Å². The van der Waals surface area contributed by atoms with Crippen LogP contribution < -0.4 is 4.74 Å². The van der Waals surface area contributed by atoms with E-state index in [9.17, 15) is 9.90 Å². The summed E-state index contributed by atoms with van der Waals surface area (Å²) < 4.78 is 10.7. The Hall–Kier alpha value is -2.46. The van der Waals surface area contributed by atoms with Crippen molar-refractivity contribution in [3.63, 3.8) is 0 Å². The fourth-order valence-corrected chi connectivity index (χ4v) is 3.10. The van der Waals surface area contributed by atoms with Gasteiger partial charge < -0.3 is 14.6 Å². The fourth-order valence-electron chi connectivity index (χ4n) is 2.84. The molecule has 2 aromatic carbocycles. The molecule has 0 atom stereocenters. The van der Waals surface area contributed by atoms with Gasteiger partial charge in [-0.05, 0) is 38.5 Å².